The molecule has 1 fully saturated rings. The lowest BCUT2D eigenvalue weighted by molar-refractivity contribution is 0.0342. The predicted molar refractivity (Wildman–Crippen MR) is 113 cm³/mol. The van der Waals surface area contributed by atoms with Gasteiger partial charge >= 0.3 is 0 Å². The number of aromatic nitrogens is 1. The lowest BCUT2D eigenvalue weighted by Gasteiger charge is -2.26. The third kappa shape index (κ3) is 5.63. The fraction of sp³-hybridized carbons (Fsp3) is 0.273. The van der Waals surface area contributed by atoms with Crippen LogP contribution < -0.4 is 10.1 Å². The molecule has 1 saturated heterocycles. The van der Waals surface area contributed by atoms with Crippen molar-refractivity contribution in [3.63, 3.8) is 0 Å². The topological polar surface area (TPSA) is 63.7 Å². The predicted octanol–water partition coefficient (Wildman–Crippen LogP) is 3.81. The summed E-state index contributed by atoms with van der Waals surface area (Å²) >= 11 is 1.54. The molecule has 0 bridgehead atoms. The normalized spacial score (nSPS) is 14.5. The van der Waals surface area contributed by atoms with Crippen molar-refractivity contribution in [3.05, 3.63) is 76.2 Å². The van der Waals surface area contributed by atoms with Gasteiger partial charge in [0.1, 0.15) is 12.4 Å². The molecule has 0 radical (unpaired) electrons. The molecule has 1 aliphatic heterocycles. The summed E-state index contributed by atoms with van der Waals surface area (Å²) in [7, 11) is 0. The fourth-order valence-electron chi connectivity index (χ4n) is 3.08. The average Bonchev–Trinajstić information content (AvgIpc) is 3.28. The molecule has 6 nitrogen and oxygen atoms in total. The zero-order chi connectivity index (χ0) is 19.9. The number of ether oxygens (including phenoxy) is 2. The van der Waals surface area contributed by atoms with E-state index in [1.54, 1.807) is 29.8 Å². The third-order valence-corrected chi connectivity index (χ3v) is 5.34. The minimum absolute atomic E-state index is 0.142. The maximum absolute atomic E-state index is 12.5. The second kappa shape index (κ2) is 9.65. The van der Waals surface area contributed by atoms with E-state index in [1.165, 1.54) is 16.9 Å². The highest BCUT2D eigenvalue weighted by molar-refractivity contribution is 7.07. The van der Waals surface area contributed by atoms with Gasteiger partial charge in [-0.25, -0.2) is 4.98 Å². The maximum Gasteiger partial charge on any atom is 0.255 e. The molecule has 2 heterocycles. The van der Waals surface area contributed by atoms with Gasteiger partial charge in [-0.3, -0.25) is 9.69 Å². The molecule has 1 aromatic heterocycles. The molecule has 0 aliphatic carbocycles. The number of hydrogen-bond donors (Lipinski definition) is 1. The first-order valence-electron chi connectivity index (χ1n) is 9.56. The van der Waals surface area contributed by atoms with Crippen molar-refractivity contribution in [1.82, 2.24) is 9.88 Å². The minimum Gasteiger partial charge on any atom is -0.487 e. The molecule has 2 aromatic carbocycles. The number of morpholine rings is 1. The highest BCUT2D eigenvalue weighted by Gasteiger charge is 2.11. The number of thiazole rings is 1. The van der Waals surface area contributed by atoms with Gasteiger partial charge in [0, 0.05) is 36.3 Å². The zero-order valence-electron chi connectivity index (χ0n) is 16.0. The smallest absolute Gasteiger partial charge is 0.255 e. The highest BCUT2D eigenvalue weighted by atomic mass is 32.1. The molecular formula is C22H23N3O3S. The van der Waals surface area contributed by atoms with Crippen molar-refractivity contribution in [2.75, 3.05) is 31.6 Å². The van der Waals surface area contributed by atoms with E-state index < -0.39 is 0 Å². The molecule has 29 heavy (non-hydrogen) atoms. The van der Waals surface area contributed by atoms with E-state index >= 15 is 0 Å². The third-order valence-electron chi connectivity index (χ3n) is 4.71. The Balaban J connectivity index is 1.29. The molecule has 4 rings (SSSR count). The molecule has 0 spiro atoms. The molecule has 0 saturated carbocycles. The molecule has 1 N–H and O–H groups in total. The number of benzene rings is 2. The molecule has 1 aliphatic rings. The molecule has 150 valence electrons. The first kappa shape index (κ1) is 19.6. The second-order valence-electron chi connectivity index (χ2n) is 6.83. The van der Waals surface area contributed by atoms with Crippen molar-refractivity contribution >= 4 is 22.9 Å². The van der Waals surface area contributed by atoms with Crippen LogP contribution in [-0.4, -0.2) is 42.1 Å². The first-order chi connectivity index (χ1) is 14.3. The number of nitrogens with one attached hydrogen (secondary N) is 1. The summed E-state index contributed by atoms with van der Waals surface area (Å²) in [4.78, 5) is 19.0. The van der Waals surface area contributed by atoms with Crippen molar-refractivity contribution in [2.45, 2.75) is 13.2 Å². The highest BCUT2D eigenvalue weighted by Crippen LogP contribution is 2.17. The number of amides is 1. The summed E-state index contributed by atoms with van der Waals surface area (Å²) in [5.41, 5.74) is 5.27. The maximum atomic E-state index is 12.5. The monoisotopic (exact) mass is 409 g/mol. The number of anilines is 1. The van der Waals surface area contributed by atoms with Crippen LogP contribution in [-0.2, 0) is 17.9 Å². The SMILES string of the molecule is O=C(Nc1ccc(CN2CCOCC2)cc1)c1ccc(OCc2cscn2)cc1. The van der Waals surface area contributed by atoms with Crippen LogP contribution in [0.3, 0.4) is 0 Å². The first-order valence-corrected chi connectivity index (χ1v) is 10.5. The lowest BCUT2D eigenvalue weighted by atomic mass is 10.1. The Morgan fingerprint density at radius 2 is 1.86 bits per heavy atom. The Bertz CT molecular complexity index is 905. The van der Waals surface area contributed by atoms with Crippen molar-refractivity contribution < 1.29 is 14.3 Å². The van der Waals surface area contributed by atoms with E-state index in [0.717, 1.165) is 44.2 Å². The summed E-state index contributed by atoms with van der Waals surface area (Å²) < 4.78 is 11.1. The summed E-state index contributed by atoms with van der Waals surface area (Å²) in [6.45, 7) is 4.83. The van der Waals surface area contributed by atoms with Gasteiger partial charge in [-0.05, 0) is 42.0 Å². The van der Waals surface area contributed by atoms with E-state index in [1.807, 2.05) is 17.5 Å². The summed E-state index contributed by atoms with van der Waals surface area (Å²) in [5, 5.41) is 4.89. The standard InChI is InChI=1S/C22H23N3O3S/c26-22(18-3-7-21(8-4-18)28-14-20-15-29-16-23-20)24-19-5-1-17(2-6-19)13-25-9-11-27-12-10-25/h1-8,15-16H,9-14H2,(H,24,26). The van der Waals surface area contributed by atoms with Crippen molar-refractivity contribution in [2.24, 2.45) is 0 Å². The molecule has 3 aromatic rings. The van der Waals surface area contributed by atoms with Gasteiger partial charge in [-0.15, -0.1) is 11.3 Å². The van der Waals surface area contributed by atoms with E-state index in [9.17, 15) is 4.79 Å². The summed E-state index contributed by atoms with van der Waals surface area (Å²) in [6, 6.07) is 15.1. The number of carbonyl (C=O) groups is 1. The Labute approximate surface area is 174 Å². The van der Waals surface area contributed by atoms with Gasteiger partial charge < -0.3 is 14.8 Å². The Kier molecular flexibility index (Phi) is 6.51. The van der Waals surface area contributed by atoms with Crippen molar-refractivity contribution in [3.8, 4) is 5.75 Å². The number of hydrogen-bond acceptors (Lipinski definition) is 6. The van der Waals surface area contributed by atoms with Gasteiger partial charge in [-0.2, -0.15) is 0 Å². The molecule has 7 heteroatoms. The van der Waals surface area contributed by atoms with Gasteiger partial charge in [-0.1, -0.05) is 12.1 Å². The zero-order valence-corrected chi connectivity index (χ0v) is 16.9. The summed E-state index contributed by atoms with van der Waals surface area (Å²) in [5.74, 6) is 0.569. The second-order valence-corrected chi connectivity index (χ2v) is 7.55. The molecule has 1 amide bonds. The van der Waals surface area contributed by atoms with Crippen LogP contribution in [0, 0.1) is 0 Å². The quantitative estimate of drug-likeness (QED) is 0.643. The van der Waals surface area contributed by atoms with Crippen molar-refractivity contribution in [1.29, 1.82) is 0 Å². The lowest BCUT2D eigenvalue weighted by Crippen LogP contribution is -2.35. The van der Waals surface area contributed by atoms with Crippen LogP contribution >= 0.6 is 11.3 Å². The van der Waals surface area contributed by atoms with E-state index in [-0.39, 0.29) is 5.91 Å². The van der Waals surface area contributed by atoms with Crippen LogP contribution in [0.5, 0.6) is 5.75 Å². The number of nitrogens with zero attached hydrogens (tertiary/aromatic N) is 2. The summed E-state index contributed by atoms with van der Waals surface area (Å²) in [6.07, 6.45) is 0. The van der Waals surface area contributed by atoms with Crippen LogP contribution in [0.25, 0.3) is 0 Å². The van der Waals surface area contributed by atoms with Gasteiger partial charge in [0.15, 0.2) is 0 Å². The minimum atomic E-state index is -0.142. The largest absolute Gasteiger partial charge is 0.487 e. The molecule has 0 unspecified atom stereocenters. The average molecular weight is 410 g/mol. The Morgan fingerprint density at radius 1 is 1.10 bits per heavy atom. The van der Waals surface area contributed by atoms with Crippen LogP contribution in [0.1, 0.15) is 21.6 Å². The fourth-order valence-corrected chi connectivity index (χ4v) is 3.63. The van der Waals surface area contributed by atoms with Gasteiger partial charge in [0.2, 0.25) is 0 Å². The molecular weight excluding hydrogens is 386 g/mol. The van der Waals surface area contributed by atoms with Crippen LogP contribution in [0.4, 0.5) is 5.69 Å². The van der Waals surface area contributed by atoms with E-state index in [0.29, 0.717) is 17.9 Å². The van der Waals surface area contributed by atoms with Gasteiger partial charge in [0.05, 0.1) is 24.4 Å². The Hall–Kier alpha value is -2.74. The van der Waals surface area contributed by atoms with Crippen LogP contribution in [0.15, 0.2) is 59.4 Å². The number of rotatable bonds is 7. The van der Waals surface area contributed by atoms with E-state index in [2.05, 4.69) is 27.3 Å². The molecule has 0 atom stereocenters. The van der Waals surface area contributed by atoms with Gasteiger partial charge in [0.25, 0.3) is 5.91 Å². The van der Waals surface area contributed by atoms with E-state index in [4.69, 9.17) is 9.47 Å². The Morgan fingerprint density at radius 3 is 2.55 bits per heavy atom. The number of carbonyl (C=O) groups excluding carboxylic acids is 1. The van der Waals surface area contributed by atoms with Crippen LogP contribution in [0.2, 0.25) is 0 Å².